The van der Waals surface area contributed by atoms with Crippen molar-refractivity contribution >= 4 is 33.9 Å². The third kappa shape index (κ3) is 5.07. The van der Waals surface area contributed by atoms with E-state index in [4.69, 9.17) is 4.74 Å². The molecule has 0 unspecified atom stereocenters. The van der Waals surface area contributed by atoms with Gasteiger partial charge in [-0.05, 0) is 66.7 Å². The molecule has 0 atom stereocenters. The Morgan fingerprint density at radius 2 is 1.66 bits per heavy atom. The van der Waals surface area contributed by atoms with E-state index in [1.165, 1.54) is 0 Å². The molecule has 7 heteroatoms. The number of carbonyl (C=O) groups excluding carboxylic acids is 1. The first-order chi connectivity index (χ1) is 17.2. The summed E-state index contributed by atoms with van der Waals surface area (Å²) in [4.78, 5) is 21.3. The van der Waals surface area contributed by atoms with Crippen molar-refractivity contribution in [2.75, 3.05) is 10.6 Å². The molecule has 1 amide bonds. The van der Waals surface area contributed by atoms with Crippen molar-refractivity contribution in [3.05, 3.63) is 115 Å². The van der Waals surface area contributed by atoms with Gasteiger partial charge in [-0.3, -0.25) is 14.8 Å². The van der Waals surface area contributed by atoms with Crippen LogP contribution in [0.5, 0.6) is 11.5 Å². The Balaban J connectivity index is 1.33. The first kappa shape index (κ1) is 21.6. The minimum absolute atomic E-state index is 0.249. The van der Waals surface area contributed by atoms with Crippen LogP contribution in [0, 0.1) is 11.3 Å². The minimum atomic E-state index is -0.249. The molecule has 0 bridgehead atoms. The van der Waals surface area contributed by atoms with E-state index in [0.717, 1.165) is 22.3 Å². The molecule has 35 heavy (non-hydrogen) atoms. The van der Waals surface area contributed by atoms with Gasteiger partial charge in [0.2, 0.25) is 0 Å². The number of rotatable bonds is 6. The second kappa shape index (κ2) is 9.73. The van der Waals surface area contributed by atoms with Crippen LogP contribution in [0.25, 0.3) is 10.9 Å². The molecule has 5 aromatic rings. The fourth-order valence-corrected chi connectivity index (χ4v) is 3.60. The average molecular weight is 457 g/mol. The zero-order chi connectivity index (χ0) is 24.0. The molecule has 0 fully saturated rings. The average Bonchev–Trinajstić information content (AvgIpc) is 2.89. The molecule has 2 N–H and O–H groups in total. The summed E-state index contributed by atoms with van der Waals surface area (Å²) in [6.07, 6.45) is 5.01. The maximum Gasteiger partial charge on any atom is 0.255 e. The lowest BCUT2D eigenvalue weighted by Crippen LogP contribution is -2.12. The zero-order valence-electron chi connectivity index (χ0n) is 18.5. The summed E-state index contributed by atoms with van der Waals surface area (Å²) in [5.41, 5.74) is 3.97. The van der Waals surface area contributed by atoms with Crippen molar-refractivity contribution in [3.8, 4) is 17.6 Å². The van der Waals surface area contributed by atoms with Crippen molar-refractivity contribution in [1.29, 1.82) is 5.26 Å². The maximum absolute atomic E-state index is 13.0. The summed E-state index contributed by atoms with van der Waals surface area (Å²) in [5.74, 6) is 1.01. The third-order valence-electron chi connectivity index (χ3n) is 5.25. The third-order valence-corrected chi connectivity index (χ3v) is 5.25. The van der Waals surface area contributed by atoms with Gasteiger partial charge in [-0.2, -0.15) is 5.26 Å². The first-order valence-electron chi connectivity index (χ1n) is 10.8. The van der Waals surface area contributed by atoms with E-state index in [1.54, 1.807) is 67.1 Å². The van der Waals surface area contributed by atoms with Gasteiger partial charge >= 0.3 is 0 Å². The highest BCUT2D eigenvalue weighted by Gasteiger charge is 2.10. The van der Waals surface area contributed by atoms with Gasteiger partial charge in [0.1, 0.15) is 11.5 Å². The van der Waals surface area contributed by atoms with Crippen LogP contribution in [0.15, 0.2) is 104 Å². The number of amides is 1. The van der Waals surface area contributed by atoms with E-state index in [-0.39, 0.29) is 5.91 Å². The van der Waals surface area contributed by atoms with Crippen LogP contribution in [-0.4, -0.2) is 15.9 Å². The van der Waals surface area contributed by atoms with Crippen LogP contribution in [-0.2, 0) is 0 Å². The van der Waals surface area contributed by atoms with E-state index in [9.17, 15) is 10.1 Å². The van der Waals surface area contributed by atoms with Crippen molar-refractivity contribution in [1.82, 2.24) is 9.97 Å². The van der Waals surface area contributed by atoms with Crippen LogP contribution in [0.1, 0.15) is 15.9 Å². The van der Waals surface area contributed by atoms with Crippen molar-refractivity contribution in [3.63, 3.8) is 0 Å². The molecule has 2 heterocycles. The van der Waals surface area contributed by atoms with Crippen LogP contribution >= 0.6 is 0 Å². The lowest BCUT2D eigenvalue weighted by molar-refractivity contribution is 0.102. The van der Waals surface area contributed by atoms with Gasteiger partial charge in [-0.25, -0.2) is 0 Å². The molecule has 0 radical (unpaired) electrons. The topological polar surface area (TPSA) is 99.9 Å². The van der Waals surface area contributed by atoms with Gasteiger partial charge in [-0.15, -0.1) is 0 Å². The Hall–Kier alpha value is -5.22. The molecule has 7 nitrogen and oxygen atoms in total. The van der Waals surface area contributed by atoms with Gasteiger partial charge in [0.05, 0.1) is 17.1 Å². The van der Waals surface area contributed by atoms with E-state index >= 15 is 0 Å². The van der Waals surface area contributed by atoms with Crippen molar-refractivity contribution < 1.29 is 9.53 Å². The molecule has 0 saturated heterocycles. The molecule has 0 aliphatic carbocycles. The predicted molar refractivity (Wildman–Crippen MR) is 135 cm³/mol. The highest BCUT2D eigenvalue weighted by Crippen LogP contribution is 2.27. The van der Waals surface area contributed by atoms with E-state index < -0.39 is 0 Å². The number of fused-ring (bicyclic) bond motifs is 1. The zero-order valence-corrected chi connectivity index (χ0v) is 18.5. The second-order valence-corrected chi connectivity index (χ2v) is 7.67. The molecule has 3 aromatic carbocycles. The Kier molecular flexibility index (Phi) is 6.01. The summed E-state index contributed by atoms with van der Waals surface area (Å²) in [5, 5.41) is 16.3. The smallest absolute Gasteiger partial charge is 0.255 e. The first-order valence-corrected chi connectivity index (χ1v) is 10.8. The van der Waals surface area contributed by atoms with Crippen LogP contribution in [0.2, 0.25) is 0 Å². The van der Waals surface area contributed by atoms with Gasteiger partial charge in [0.25, 0.3) is 5.91 Å². The number of carbonyl (C=O) groups is 1. The number of nitrogens with one attached hydrogen (secondary N) is 2. The standard InChI is InChI=1S/C28H19N5O2/c29-18-19-7-8-26-25(15-19)27(11-14-31-26)32-21-4-1-3-20(16-21)28(34)33-22-5-2-6-24(17-22)35-23-9-12-30-13-10-23/h1-17H,(H,31,32)(H,33,34). The SMILES string of the molecule is N#Cc1ccc2nccc(Nc3cccc(C(=O)Nc4cccc(Oc5ccncc5)c4)c3)c2c1. The highest BCUT2D eigenvalue weighted by atomic mass is 16.5. The summed E-state index contributed by atoms with van der Waals surface area (Å²) >= 11 is 0. The summed E-state index contributed by atoms with van der Waals surface area (Å²) in [6.45, 7) is 0. The number of ether oxygens (including phenoxy) is 1. The molecular formula is C28H19N5O2. The molecule has 0 aliphatic rings. The molecular weight excluding hydrogens is 438 g/mol. The summed E-state index contributed by atoms with van der Waals surface area (Å²) in [6, 6.07) is 27.3. The number of hydrogen-bond donors (Lipinski definition) is 2. The lowest BCUT2D eigenvalue weighted by Gasteiger charge is -2.12. The fraction of sp³-hybridized carbons (Fsp3) is 0. The van der Waals surface area contributed by atoms with Crippen LogP contribution < -0.4 is 15.4 Å². The molecule has 5 rings (SSSR count). The van der Waals surface area contributed by atoms with Crippen LogP contribution in [0.4, 0.5) is 17.1 Å². The van der Waals surface area contributed by atoms with Gasteiger partial charge in [0, 0.05) is 52.7 Å². The maximum atomic E-state index is 13.0. The highest BCUT2D eigenvalue weighted by molar-refractivity contribution is 6.05. The predicted octanol–water partition coefficient (Wildman–Crippen LogP) is 6.29. The van der Waals surface area contributed by atoms with Gasteiger partial charge in [-0.1, -0.05) is 12.1 Å². The number of nitrogens with zero attached hydrogens (tertiary/aromatic N) is 3. The van der Waals surface area contributed by atoms with Crippen molar-refractivity contribution in [2.45, 2.75) is 0 Å². The number of hydrogen-bond acceptors (Lipinski definition) is 6. The Bertz CT molecular complexity index is 1560. The Morgan fingerprint density at radius 1 is 0.829 bits per heavy atom. The largest absolute Gasteiger partial charge is 0.457 e. The van der Waals surface area contributed by atoms with Gasteiger partial charge in [0.15, 0.2) is 0 Å². The normalized spacial score (nSPS) is 10.4. The Labute approximate surface area is 201 Å². The number of anilines is 3. The van der Waals surface area contributed by atoms with Gasteiger partial charge < -0.3 is 15.4 Å². The quantitative estimate of drug-likeness (QED) is 0.311. The number of benzene rings is 3. The molecule has 168 valence electrons. The van der Waals surface area contributed by atoms with E-state index in [1.807, 2.05) is 36.4 Å². The second-order valence-electron chi connectivity index (χ2n) is 7.67. The van der Waals surface area contributed by atoms with Crippen LogP contribution in [0.3, 0.4) is 0 Å². The summed E-state index contributed by atoms with van der Waals surface area (Å²) < 4.78 is 5.82. The number of aromatic nitrogens is 2. The molecule has 0 saturated carbocycles. The number of nitriles is 1. The lowest BCUT2D eigenvalue weighted by atomic mass is 10.1. The number of pyridine rings is 2. The molecule has 0 aliphatic heterocycles. The fourth-order valence-electron chi connectivity index (χ4n) is 3.60. The van der Waals surface area contributed by atoms with Crippen molar-refractivity contribution in [2.24, 2.45) is 0 Å². The summed E-state index contributed by atoms with van der Waals surface area (Å²) in [7, 11) is 0. The van der Waals surface area contributed by atoms with E-state index in [0.29, 0.717) is 28.3 Å². The monoisotopic (exact) mass is 457 g/mol. The molecule has 0 spiro atoms. The Morgan fingerprint density at radius 3 is 2.51 bits per heavy atom. The van der Waals surface area contributed by atoms with E-state index in [2.05, 4.69) is 26.7 Å². The minimum Gasteiger partial charge on any atom is -0.457 e. The molecule has 2 aromatic heterocycles.